The topological polar surface area (TPSA) is 140 Å². The number of nitrogens with one attached hydrogen (secondary N) is 2. The number of fused-ring (bicyclic) bond motifs is 1. The number of hydrogen-bond acceptors (Lipinski definition) is 4. The van der Waals surface area contributed by atoms with Gasteiger partial charge in [0.05, 0.1) is 12.1 Å². The summed E-state index contributed by atoms with van der Waals surface area (Å²) in [6.45, 7) is 4.96. The van der Waals surface area contributed by atoms with E-state index in [0.29, 0.717) is 35.2 Å². The van der Waals surface area contributed by atoms with E-state index in [1.54, 1.807) is 29.0 Å². The van der Waals surface area contributed by atoms with Crippen molar-refractivity contribution in [3.63, 3.8) is 0 Å². The maximum atomic E-state index is 13.5. The van der Waals surface area contributed by atoms with Crippen molar-refractivity contribution in [1.29, 1.82) is 10.8 Å². The van der Waals surface area contributed by atoms with Gasteiger partial charge < -0.3 is 20.6 Å². The molecule has 0 bridgehead atoms. The molecule has 0 radical (unpaired) electrons. The molecule has 4 aromatic rings. The summed E-state index contributed by atoms with van der Waals surface area (Å²) in [5, 5.41) is 15.3. The van der Waals surface area contributed by atoms with Crippen LogP contribution in [0.25, 0.3) is 11.0 Å². The van der Waals surface area contributed by atoms with Crippen LogP contribution in [0.1, 0.15) is 47.8 Å². The zero-order chi connectivity index (χ0) is 23.7. The first-order valence-electron chi connectivity index (χ1n) is 10.7. The molecule has 0 saturated heterocycles. The number of amidine groups is 2. The average Bonchev–Trinajstić information content (AvgIpc) is 3.15. The zero-order valence-electron chi connectivity index (χ0n) is 18.7. The van der Waals surface area contributed by atoms with Gasteiger partial charge in [-0.3, -0.25) is 15.6 Å². The number of hydrogen-bond donors (Lipinski definition) is 4. The highest BCUT2D eigenvalue weighted by Gasteiger charge is 2.18. The van der Waals surface area contributed by atoms with E-state index in [0.717, 1.165) is 17.0 Å². The van der Waals surface area contributed by atoms with Gasteiger partial charge in [-0.05, 0) is 23.3 Å². The molecule has 0 saturated carbocycles. The summed E-state index contributed by atoms with van der Waals surface area (Å²) in [5.74, 6) is 0.980. The number of imidazole rings is 1. The first kappa shape index (κ1) is 22.0. The van der Waals surface area contributed by atoms with E-state index in [1.807, 2.05) is 41.0 Å². The quantitative estimate of drug-likeness (QED) is 0.258. The lowest BCUT2D eigenvalue weighted by atomic mass is 10.1. The number of nitrogen functional groups attached to an aromatic ring is 2. The predicted molar refractivity (Wildman–Crippen MR) is 131 cm³/mol. The Balaban J connectivity index is 1.78. The minimum atomic E-state index is -0.120. The lowest BCUT2D eigenvalue weighted by molar-refractivity contribution is 0.677. The van der Waals surface area contributed by atoms with Crippen molar-refractivity contribution in [2.45, 2.75) is 32.9 Å². The van der Waals surface area contributed by atoms with Gasteiger partial charge in [-0.25, -0.2) is 4.98 Å². The number of aromatic nitrogens is 3. The Morgan fingerprint density at radius 2 is 1.64 bits per heavy atom. The second-order valence-electron chi connectivity index (χ2n) is 8.42. The molecular formula is C25H27N7O. The number of pyridine rings is 1. The van der Waals surface area contributed by atoms with Gasteiger partial charge in [-0.2, -0.15) is 0 Å². The standard InChI is InChI=1S/C25H27N7O/c1-15(2)24-30-20-10-11-31(13-16-6-8-18(9-7-16)22(26)27)25(33)21(20)32(24)14-17-4-3-5-19(12-17)23(28)29/h3-12,15H,13-14H2,1-2H3,(H3,26,27)(H3,28,29). The van der Waals surface area contributed by atoms with E-state index in [-0.39, 0.29) is 23.1 Å². The van der Waals surface area contributed by atoms with Crippen LogP contribution in [0, 0.1) is 10.8 Å². The second-order valence-corrected chi connectivity index (χ2v) is 8.42. The Kier molecular flexibility index (Phi) is 5.83. The van der Waals surface area contributed by atoms with Crippen LogP contribution in [0.15, 0.2) is 65.6 Å². The molecule has 0 amide bonds. The minimum Gasteiger partial charge on any atom is -0.384 e. The normalized spacial score (nSPS) is 11.2. The van der Waals surface area contributed by atoms with E-state index in [4.69, 9.17) is 27.3 Å². The van der Waals surface area contributed by atoms with Gasteiger partial charge in [0.15, 0.2) is 0 Å². The highest BCUT2D eigenvalue weighted by Crippen LogP contribution is 2.22. The van der Waals surface area contributed by atoms with E-state index in [1.165, 1.54) is 0 Å². The monoisotopic (exact) mass is 441 g/mol. The molecule has 0 fully saturated rings. The fourth-order valence-corrected chi connectivity index (χ4v) is 3.93. The molecule has 6 N–H and O–H groups in total. The van der Waals surface area contributed by atoms with Crippen LogP contribution in [0.3, 0.4) is 0 Å². The van der Waals surface area contributed by atoms with Gasteiger partial charge in [0, 0.05) is 29.8 Å². The third kappa shape index (κ3) is 4.41. The van der Waals surface area contributed by atoms with Crippen molar-refractivity contribution in [2.24, 2.45) is 11.5 Å². The van der Waals surface area contributed by atoms with Crippen molar-refractivity contribution in [3.05, 3.63) is 99.2 Å². The van der Waals surface area contributed by atoms with Crippen LogP contribution >= 0.6 is 0 Å². The highest BCUT2D eigenvalue weighted by atomic mass is 16.1. The van der Waals surface area contributed by atoms with Gasteiger partial charge in [0.2, 0.25) is 0 Å². The summed E-state index contributed by atoms with van der Waals surface area (Å²) in [7, 11) is 0. The molecule has 0 unspecified atom stereocenters. The summed E-state index contributed by atoms with van der Waals surface area (Å²) in [5.41, 5.74) is 15.5. The highest BCUT2D eigenvalue weighted by molar-refractivity contribution is 5.95. The van der Waals surface area contributed by atoms with Gasteiger partial charge in [-0.1, -0.05) is 56.3 Å². The molecule has 0 aliphatic rings. The SMILES string of the molecule is CC(C)c1nc2ccn(Cc3ccc(C(=N)N)cc3)c(=O)c2n1Cc1cccc(C(=N)N)c1. The Morgan fingerprint density at radius 3 is 2.27 bits per heavy atom. The first-order chi connectivity index (χ1) is 15.7. The van der Waals surface area contributed by atoms with E-state index in [2.05, 4.69) is 13.8 Å². The maximum Gasteiger partial charge on any atom is 0.277 e. The lowest BCUT2D eigenvalue weighted by Gasteiger charge is -2.13. The van der Waals surface area contributed by atoms with Crippen LogP contribution in [-0.2, 0) is 13.1 Å². The summed E-state index contributed by atoms with van der Waals surface area (Å²) >= 11 is 0. The Hall–Kier alpha value is -4.20. The number of benzene rings is 2. The van der Waals surface area contributed by atoms with Crippen LogP contribution in [0.2, 0.25) is 0 Å². The fraction of sp³-hybridized carbons (Fsp3) is 0.200. The number of nitrogens with zero attached hydrogens (tertiary/aromatic N) is 3. The van der Waals surface area contributed by atoms with Gasteiger partial charge >= 0.3 is 0 Å². The first-order valence-corrected chi connectivity index (χ1v) is 10.7. The average molecular weight is 442 g/mol. The molecule has 33 heavy (non-hydrogen) atoms. The van der Waals surface area contributed by atoms with Crippen molar-refractivity contribution in [2.75, 3.05) is 0 Å². The van der Waals surface area contributed by atoms with Crippen LogP contribution in [0.5, 0.6) is 0 Å². The molecule has 0 atom stereocenters. The van der Waals surface area contributed by atoms with Crippen LogP contribution < -0.4 is 17.0 Å². The van der Waals surface area contributed by atoms with Crippen molar-refractivity contribution in [3.8, 4) is 0 Å². The second kappa shape index (κ2) is 8.74. The van der Waals surface area contributed by atoms with E-state index < -0.39 is 0 Å². The van der Waals surface area contributed by atoms with Gasteiger partial charge in [-0.15, -0.1) is 0 Å². The summed E-state index contributed by atoms with van der Waals surface area (Å²) in [6.07, 6.45) is 1.77. The Bertz CT molecular complexity index is 1410. The molecule has 0 aliphatic carbocycles. The Labute approximate surface area is 191 Å². The molecule has 2 aromatic heterocycles. The van der Waals surface area contributed by atoms with E-state index in [9.17, 15) is 4.79 Å². The Morgan fingerprint density at radius 1 is 0.939 bits per heavy atom. The molecule has 4 rings (SSSR count). The van der Waals surface area contributed by atoms with Gasteiger partial charge in [0.25, 0.3) is 5.56 Å². The van der Waals surface area contributed by atoms with Gasteiger partial charge in [0.1, 0.15) is 23.0 Å². The largest absolute Gasteiger partial charge is 0.384 e. The predicted octanol–water partition coefficient (Wildman–Crippen LogP) is 2.99. The van der Waals surface area contributed by atoms with Crippen LogP contribution in [-0.4, -0.2) is 25.8 Å². The molecule has 8 heteroatoms. The summed E-state index contributed by atoms with van der Waals surface area (Å²) in [4.78, 5) is 18.3. The van der Waals surface area contributed by atoms with Crippen molar-refractivity contribution in [1.82, 2.24) is 14.1 Å². The fourth-order valence-electron chi connectivity index (χ4n) is 3.93. The molecule has 8 nitrogen and oxygen atoms in total. The van der Waals surface area contributed by atoms with Crippen molar-refractivity contribution >= 4 is 22.7 Å². The van der Waals surface area contributed by atoms with E-state index >= 15 is 0 Å². The summed E-state index contributed by atoms with van der Waals surface area (Å²) in [6, 6.07) is 16.7. The molecule has 2 aromatic carbocycles. The zero-order valence-corrected chi connectivity index (χ0v) is 18.7. The molecular weight excluding hydrogens is 414 g/mol. The third-order valence-electron chi connectivity index (χ3n) is 5.61. The maximum absolute atomic E-state index is 13.5. The molecule has 0 spiro atoms. The van der Waals surface area contributed by atoms with Crippen LogP contribution in [0.4, 0.5) is 0 Å². The summed E-state index contributed by atoms with van der Waals surface area (Å²) < 4.78 is 3.64. The smallest absolute Gasteiger partial charge is 0.277 e. The molecule has 168 valence electrons. The number of rotatable bonds is 7. The third-order valence-corrected chi connectivity index (χ3v) is 5.61. The minimum absolute atomic E-state index is 0.00886. The van der Waals surface area contributed by atoms with Crippen molar-refractivity contribution < 1.29 is 0 Å². The number of nitrogens with two attached hydrogens (primary N) is 2. The lowest BCUT2D eigenvalue weighted by Crippen LogP contribution is -2.23. The molecule has 2 heterocycles. The molecule has 0 aliphatic heterocycles.